The molecule has 0 aromatic carbocycles. The van der Waals surface area contributed by atoms with E-state index in [1.165, 1.54) is 6.42 Å². The van der Waals surface area contributed by atoms with E-state index in [0.717, 1.165) is 25.6 Å². The van der Waals surface area contributed by atoms with Crippen molar-refractivity contribution in [3.63, 3.8) is 0 Å². The second kappa shape index (κ2) is 7.03. The van der Waals surface area contributed by atoms with Gasteiger partial charge in [-0.25, -0.2) is 0 Å². The maximum absolute atomic E-state index is 4.89. The Labute approximate surface area is 64.0 Å². The zero-order chi connectivity index (χ0) is 7.82. The third kappa shape index (κ3) is 7.92. The average molecular weight is 145 g/mol. The van der Waals surface area contributed by atoms with Gasteiger partial charge in [0.25, 0.3) is 0 Å². The highest BCUT2D eigenvalue weighted by molar-refractivity contribution is 4.49. The first-order chi connectivity index (χ1) is 4.77. The summed E-state index contributed by atoms with van der Waals surface area (Å²) >= 11 is 0. The second-order valence-corrected chi connectivity index (χ2v) is 2.93. The molecule has 0 aliphatic rings. The van der Waals surface area contributed by atoms with Crippen LogP contribution >= 0.6 is 0 Å². The molecule has 0 aliphatic carbocycles. The van der Waals surface area contributed by atoms with Crippen LogP contribution in [0.5, 0.6) is 0 Å². The van der Waals surface area contributed by atoms with Crippen LogP contribution in [0.2, 0.25) is 0 Å². The Bertz CT molecular complexity index is 64.3. The van der Waals surface area contributed by atoms with Crippen LogP contribution in [0.1, 0.15) is 20.3 Å². The molecule has 0 saturated carbocycles. The van der Waals surface area contributed by atoms with Gasteiger partial charge in [-0.2, -0.15) is 0 Å². The monoisotopic (exact) mass is 145 g/mol. The molecule has 0 amide bonds. The highest BCUT2D eigenvalue weighted by atomic mass is 16.5. The van der Waals surface area contributed by atoms with Crippen molar-refractivity contribution in [1.29, 1.82) is 0 Å². The van der Waals surface area contributed by atoms with E-state index in [0.29, 0.717) is 0 Å². The molecule has 0 unspecified atom stereocenters. The van der Waals surface area contributed by atoms with E-state index in [2.05, 4.69) is 19.2 Å². The van der Waals surface area contributed by atoms with Crippen molar-refractivity contribution in [2.45, 2.75) is 20.3 Å². The first kappa shape index (κ1) is 9.92. The third-order valence-corrected chi connectivity index (χ3v) is 1.38. The molecule has 0 fully saturated rings. The molecular formula is C8H19NO. The standard InChI is InChI=1S/C8H19NO/c1-8(2)4-5-9-6-7-10-3/h8-9H,4-7H2,1-3H3. The van der Waals surface area contributed by atoms with Crippen LogP contribution in [0.25, 0.3) is 0 Å². The summed E-state index contributed by atoms with van der Waals surface area (Å²) in [5, 5.41) is 3.29. The predicted molar refractivity (Wildman–Crippen MR) is 44.2 cm³/mol. The van der Waals surface area contributed by atoms with E-state index >= 15 is 0 Å². The first-order valence-electron chi connectivity index (χ1n) is 3.97. The number of hydrogen-bond donors (Lipinski definition) is 1. The normalized spacial score (nSPS) is 10.8. The van der Waals surface area contributed by atoms with Gasteiger partial charge in [-0.3, -0.25) is 0 Å². The Hall–Kier alpha value is -0.0800. The largest absolute Gasteiger partial charge is 0.383 e. The van der Waals surface area contributed by atoms with Gasteiger partial charge in [-0.05, 0) is 18.9 Å². The number of methoxy groups -OCH3 is 1. The maximum Gasteiger partial charge on any atom is 0.0587 e. The third-order valence-electron chi connectivity index (χ3n) is 1.38. The van der Waals surface area contributed by atoms with Crippen molar-refractivity contribution >= 4 is 0 Å². The summed E-state index contributed by atoms with van der Waals surface area (Å²) in [6.45, 7) is 7.37. The van der Waals surface area contributed by atoms with Crippen LogP contribution < -0.4 is 5.32 Å². The lowest BCUT2D eigenvalue weighted by atomic mass is 10.1. The van der Waals surface area contributed by atoms with Crippen molar-refractivity contribution in [3.8, 4) is 0 Å². The Morgan fingerprint density at radius 3 is 2.50 bits per heavy atom. The molecule has 0 atom stereocenters. The van der Waals surface area contributed by atoms with Crippen LogP contribution in [-0.4, -0.2) is 26.8 Å². The van der Waals surface area contributed by atoms with Gasteiger partial charge in [0.05, 0.1) is 6.61 Å². The molecule has 0 aliphatic heterocycles. The van der Waals surface area contributed by atoms with E-state index in [1.54, 1.807) is 7.11 Å². The van der Waals surface area contributed by atoms with Gasteiger partial charge in [0, 0.05) is 13.7 Å². The fourth-order valence-electron chi connectivity index (χ4n) is 0.690. The lowest BCUT2D eigenvalue weighted by Gasteiger charge is -2.05. The average Bonchev–Trinajstić information content (AvgIpc) is 1.87. The van der Waals surface area contributed by atoms with E-state index in [1.807, 2.05) is 0 Å². The van der Waals surface area contributed by atoms with Crippen LogP contribution in [-0.2, 0) is 4.74 Å². The van der Waals surface area contributed by atoms with Crippen LogP contribution in [0, 0.1) is 5.92 Å². The van der Waals surface area contributed by atoms with Crippen LogP contribution in [0.3, 0.4) is 0 Å². The second-order valence-electron chi connectivity index (χ2n) is 2.93. The molecule has 0 spiro atoms. The quantitative estimate of drug-likeness (QED) is 0.568. The lowest BCUT2D eigenvalue weighted by Crippen LogP contribution is -2.21. The minimum Gasteiger partial charge on any atom is -0.383 e. The van der Waals surface area contributed by atoms with Crippen molar-refractivity contribution in [2.75, 3.05) is 26.8 Å². The fourth-order valence-corrected chi connectivity index (χ4v) is 0.690. The minimum absolute atomic E-state index is 0.801. The smallest absolute Gasteiger partial charge is 0.0587 e. The van der Waals surface area contributed by atoms with Crippen LogP contribution in [0.15, 0.2) is 0 Å². The maximum atomic E-state index is 4.89. The Morgan fingerprint density at radius 2 is 2.00 bits per heavy atom. The topological polar surface area (TPSA) is 21.3 Å². The molecule has 0 radical (unpaired) electrons. The molecule has 1 N–H and O–H groups in total. The summed E-state index contributed by atoms with van der Waals surface area (Å²) < 4.78 is 4.89. The molecule has 0 bridgehead atoms. The zero-order valence-electron chi connectivity index (χ0n) is 7.31. The van der Waals surface area contributed by atoms with Crippen LogP contribution in [0.4, 0.5) is 0 Å². The molecule has 0 aromatic heterocycles. The molecule has 0 heterocycles. The number of ether oxygens (including phenoxy) is 1. The molecular weight excluding hydrogens is 126 g/mol. The summed E-state index contributed by atoms with van der Waals surface area (Å²) in [5.41, 5.74) is 0. The molecule has 0 aromatic rings. The first-order valence-corrected chi connectivity index (χ1v) is 3.97. The Morgan fingerprint density at radius 1 is 1.30 bits per heavy atom. The molecule has 10 heavy (non-hydrogen) atoms. The number of rotatable bonds is 6. The fraction of sp³-hybridized carbons (Fsp3) is 1.00. The number of hydrogen-bond acceptors (Lipinski definition) is 2. The minimum atomic E-state index is 0.801. The van der Waals surface area contributed by atoms with E-state index in [4.69, 9.17) is 4.74 Å². The van der Waals surface area contributed by atoms with Gasteiger partial charge in [0.15, 0.2) is 0 Å². The summed E-state index contributed by atoms with van der Waals surface area (Å²) in [7, 11) is 1.73. The predicted octanol–water partition coefficient (Wildman–Crippen LogP) is 1.27. The lowest BCUT2D eigenvalue weighted by molar-refractivity contribution is 0.199. The highest BCUT2D eigenvalue weighted by Gasteiger charge is 1.91. The van der Waals surface area contributed by atoms with E-state index < -0.39 is 0 Å². The highest BCUT2D eigenvalue weighted by Crippen LogP contribution is 1.95. The summed E-state index contributed by atoms with van der Waals surface area (Å²) in [4.78, 5) is 0. The van der Waals surface area contributed by atoms with E-state index in [-0.39, 0.29) is 0 Å². The molecule has 0 rings (SSSR count). The Kier molecular flexibility index (Phi) is 6.98. The van der Waals surface area contributed by atoms with Gasteiger partial charge in [-0.15, -0.1) is 0 Å². The molecule has 0 saturated heterocycles. The molecule has 2 heteroatoms. The van der Waals surface area contributed by atoms with E-state index in [9.17, 15) is 0 Å². The van der Waals surface area contributed by atoms with Gasteiger partial charge in [0.1, 0.15) is 0 Å². The summed E-state index contributed by atoms with van der Waals surface area (Å²) in [5.74, 6) is 0.801. The SMILES string of the molecule is COCCNCCC(C)C. The number of nitrogens with one attached hydrogen (secondary N) is 1. The van der Waals surface area contributed by atoms with Gasteiger partial charge in [-0.1, -0.05) is 13.8 Å². The Balaban J connectivity index is 2.77. The van der Waals surface area contributed by atoms with Crippen molar-refractivity contribution < 1.29 is 4.74 Å². The van der Waals surface area contributed by atoms with Gasteiger partial charge < -0.3 is 10.1 Å². The van der Waals surface area contributed by atoms with Crippen molar-refractivity contribution in [1.82, 2.24) is 5.32 Å². The summed E-state index contributed by atoms with van der Waals surface area (Å²) in [6.07, 6.45) is 1.25. The zero-order valence-corrected chi connectivity index (χ0v) is 7.31. The van der Waals surface area contributed by atoms with Gasteiger partial charge >= 0.3 is 0 Å². The van der Waals surface area contributed by atoms with Gasteiger partial charge in [0.2, 0.25) is 0 Å². The summed E-state index contributed by atoms with van der Waals surface area (Å²) in [6, 6.07) is 0. The molecule has 62 valence electrons. The van der Waals surface area contributed by atoms with Crippen molar-refractivity contribution in [2.24, 2.45) is 5.92 Å². The molecule has 2 nitrogen and oxygen atoms in total. The van der Waals surface area contributed by atoms with Crippen molar-refractivity contribution in [3.05, 3.63) is 0 Å².